The summed E-state index contributed by atoms with van der Waals surface area (Å²) in [6.07, 6.45) is 1.06. The lowest BCUT2D eigenvalue weighted by Gasteiger charge is -2.19. The second-order valence-corrected chi connectivity index (χ2v) is 4.32. The van der Waals surface area contributed by atoms with Gasteiger partial charge in [-0.25, -0.2) is 0 Å². The van der Waals surface area contributed by atoms with Crippen LogP contribution in [0.4, 0.5) is 0 Å². The van der Waals surface area contributed by atoms with Crippen LogP contribution in [0.25, 0.3) is 0 Å². The second kappa shape index (κ2) is 6.13. The molecule has 1 aromatic rings. The molecule has 0 aliphatic carbocycles. The molecule has 84 valence electrons. The first-order valence-corrected chi connectivity index (χ1v) is 6.09. The molecule has 2 nitrogen and oxygen atoms in total. The van der Waals surface area contributed by atoms with Crippen LogP contribution in [0.15, 0.2) is 22.7 Å². The van der Waals surface area contributed by atoms with E-state index >= 15 is 0 Å². The van der Waals surface area contributed by atoms with Crippen molar-refractivity contribution in [1.82, 2.24) is 5.32 Å². The van der Waals surface area contributed by atoms with Crippen LogP contribution in [0, 0.1) is 0 Å². The summed E-state index contributed by atoms with van der Waals surface area (Å²) in [5.74, 6) is 0.942. The molecule has 0 amide bonds. The molecule has 1 rings (SSSR count). The van der Waals surface area contributed by atoms with Gasteiger partial charge in [0, 0.05) is 16.1 Å². The van der Waals surface area contributed by atoms with E-state index < -0.39 is 0 Å². The minimum atomic E-state index is 0.373. The third kappa shape index (κ3) is 3.21. The Morgan fingerprint density at radius 2 is 2.13 bits per heavy atom. The number of halogens is 1. The van der Waals surface area contributed by atoms with Gasteiger partial charge in [-0.1, -0.05) is 35.8 Å². The minimum Gasteiger partial charge on any atom is -0.496 e. The number of hydrogen-bond donors (Lipinski definition) is 1. The highest BCUT2D eigenvalue weighted by atomic mass is 79.9. The topological polar surface area (TPSA) is 21.3 Å². The van der Waals surface area contributed by atoms with Gasteiger partial charge in [0.2, 0.25) is 0 Å². The average Bonchev–Trinajstić information content (AvgIpc) is 2.26. The van der Waals surface area contributed by atoms with E-state index in [1.807, 2.05) is 6.07 Å². The van der Waals surface area contributed by atoms with Crippen molar-refractivity contribution >= 4 is 15.9 Å². The molecule has 1 unspecified atom stereocenters. The Kier molecular flexibility index (Phi) is 5.12. The smallest absolute Gasteiger partial charge is 0.124 e. The zero-order chi connectivity index (χ0) is 11.3. The summed E-state index contributed by atoms with van der Waals surface area (Å²) in [6, 6.07) is 6.55. The van der Waals surface area contributed by atoms with Crippen molar-refractivity contribution in [1.29, 1.82) is 0 Å². The summed E-state index contributed by atoms with van der Waals surface area (Å²) in [4.78, 5) is 0. The fourth-order valence-corrected chi connectivity index (χ4v) is 2.03. The van der Waals surface area contributed by atoms with E-state index in [2.05, 4.69) is 47.2 Å². The number of hydrogen-bond acceptors (Lipinski definition) is 2. The van der Waals surface area contributed by atoms with Gasteiger partial charge in [-0.3, -0.25) is 0 Å². The number of ether oxygens (including phenoxy) is 1. The number of rotatable bonds is 5. The highest BCUT2D eigenvalue weighted by Crippen LogP contribution is 2.29. The lowest BCUT2D eigenvalue weighted by Crippen LogP contribution is -2.20. The molecule has 1 aromatic carbocycles. The second-order valence-electron chi connectivity index (χ2n) is 3.40. The maximum Gasteiger partial charge on any atom is 0.124 e. The van der Waals surface area contributed by atoms with Crippen molar-refractivity contribution in [3.63, 3.8) is 0 Å². The Labute approximate surface area is 100 Å². The van der Waals surface area contributed by atoms with Crippen molar-refractivity contribution in [2.24, 2.45) is 0 Å². The summed E-state index contributed by atoms with van der Waals surface area (Å²) in [5.41, 5.74) is 1.23. The zero-order valence-corrected chi connectivity index (χ0v) is 11.1. The Morgan fingerprint density at radius 1 is 1.40 bits per heavy atom. The maximum absolute atomic E-state index is 5.39. The SMILES string of the molecule is CCNC(CC)c1ccc(Br)cc1OC. The Morgan fingerprint density at radius 3 is 2.67 bits per heavy atom. The molecule has 0 radical (unpaired) electrons. The molecule has 0 bridgehead atoms. The molecule has 0 saturated carbocycles. The molecule has 0 spiro atoms. The van der Waals surface area contributed by atoms with E-state index in [1.54, 1.807) is 7.11 Å². The van der Waals surface area contributed by atoms with Gasteiger partial charge in [0.25, 0.3) is 0 Å². The fraction of sp³-hybridized carbons (Fsp3) is 0.500. The van der Waals surface area contributed by atoms with Gasteiger partial charge in [0.15, 0.2) is 0 Å². The predicted molar refractivity (Wildman–Crippen MR) is 67.4 cm³/mol. The van der Waals surface area contributed by atoms with Crippen LogP contribution in [-0.4, -0.2) is 13.7 Å². The molecule has 1 atom stereocenters. The predicted octanol–water partition coefficient (Wildman–Crippen LogP) is 3.52. The zero-order valence-electron chi connectivity index (χ0n) is 9.51. The normalized spacial score (nSPS) is 12.5. The van der Waals surface area contributed by atoms with E-state index in [0.717, 1.165) is 23.2 Å². The van der Waals surface area contributed by atoms with E-state index in [1.165, 1.54) is 5.56 Å². The van der Waals surface area contributed by atoms with E-state index in [9.17, 15) is 0 Å². The van der Waals surface area contributed by atoms with Crippen LogP contribution in [0.1, 0.15) is 31.9 Å². The van der Waals surface area contributed by atoms with Crippen molar-refractivity contribution in [2.75, 3.05) is 13.7 Å². The van der Waals surface area contributed by atoms with Gasteiger partial charge in [0.1, 0.15) is 5.75 Å². The standard InChI is InChI=1S/C12H18BrNO/c1-4-11(14-5-2)10-7-6-9(13)8-12(10)15-3/h6-8,11,14H,4-5H2,1-3H3. The highest BCUT2D eigenvalue weighted by Gasteiger charge is 2.13. The third-order valence-electron chi connectivity index (χ3n) is 2.43. The number of methoxy groups -OCH3 is 1. The van der Waals surface area contributed by atoms with E-state index in [-0.39, 0.29) is 0 Å². The molecular weight excluding hydrogens is 254 g/mol. The summed E-state index contributed by atoms with van der Waals surface area (Å²) in [6.45, 7) is 5.26. The largest absolute Gasteiger partial charge is 0.496 e. The molecule has 0 saturated heterocycles. The third-order valence-corrected chi connectivity index (χ3v) is 2.92. The monoisotopic (exact) mass is 271 g/mol. The number of benzene rings is 1. The summed E-state index contributed by atoms with van der Waals surface area (Å²) < 4.78 is 6.44. The van der Waals surface area contributed by atoms with Gasteiger partial charge in [-0.15, -0.1) is 0 Å². The first kappa shape index (κ1) is 12.5. The average molecular weight is 272 g/mol. The maximum atomic E-state index is 5.39. The minimum absolute atomic E-state index is 0.373. The summed E-state index contributed by atoms with van der Waals surface area (Å²) in [5, 5.41) is 3.45. The Bertz CT molecular complexity index is 314. The molecule has 15 heavy (non-hydrogen) atoms. The van der Waals surface area contributed by atoms with Crippen molar-refractivity contribution < 1.29 is 4.74 Å². The van der Waals surface area contributed by atoms with Crippen LogP contribution in [0.3, 0.4) is 0 Å². The number of nitrogens with one attached hydrogen (secondary N) is 1. The first-order chi connectivity index (χ1) is 7.22. The molecular formula is C12H18BrNO. The van der Waals surface area contributed by atoms with Crippen LogP contribution >= 0.6 is 15.9 Å². The molecule has 0 aliphatic rings. The molecule has 0 heterocycles. The van der Waals surface area contributed by atoms with Crippen LogP contribution in [-0.2, 0) is 0 Å². The van der Waals surface area contributed by atoms with Gasteiger partial charge in [0.05, 0.1) is 7.11 Å². The fourth-order valence-electron chi connectivity index (χ4n) is 1.69. The molecule has 1 N–H and O–H groups in total. The Balaban J connectivity index is 2.99. The molecule has 0 aromatic heterocycles. The lowest BCUT2D eigenvalue weighted by atomic mass is 10.0. The molecule has 0 aliphatic heterocycles. The molecule has 0 fully saturated rings. The molecule has 3 heteroatoms. The van der Waals surface area contributed by atoms with Crippen LogP contribution in [0.5, 0.6) is 5.75 Å². The van der Waals surface area contributed by atoms with Crippen molar-refractivity contribution in [3.05, 3.63) is 28.2 Å². The highest BCUT2D eigenvalue weighted by molar-refractivity contribution is 9.10. The van der Waals surface area contributed by atoms with E-state index in [0.29, 0.717) is 6.04 Å². The van der Waals surface area contributed by atoms with Crippen molar-refractivity contribution in [2.45, 2.75) is 26.3 Å². The summed E-state index contributed by atoms with van der Waals surface area (Å²) >= 11 is 3.45. The van der Waals surface area contributed by atoms with Crippen LogP contribution in [0.2, 0.25) is 0 Å². The van der Waals surface area contributed by atoms with Gasteiger partial charge >= 0.3 is 0 Å². The quantitative estimate of drug-likeness (QED) is 0.885. The van der Waals surface area contributed by atoms with Crippen LogP contribution < -0.4 is 10.1 Å². The first-order valence-electron chi connectivity index (χ1n) is 5.29. The van der Waals surface area contributed by atoms with Gasteiger partial charge in [-0.05, 0) is 25.1 Å². The lowest BCUT2D eigenvalue weighted by molar-refractivity contribution is 0.398. The Hall–Kier alpha value is -0.540. The van der Waals surface area contributed by atoms with E-state index in [4.69, 9.17) is 4.74 Å². The van der Waals surface area contributed by atoms with Gasteiger partial charge < -0.3 is 10.1 Å². The summed E-state index contributed by atoms with van der Waals surface area (Å²) in [7, 11) is 1.71. The van der Waals surface area contributed by atoms with Crippen molar-refractivity contribution in [3.8, 4) is 5.75 Å². The van der Waals surface area contributed by atoms with Gasteiger partial charge in [-0.2, -0.15) is 0 Å².